The number of halogens is 2. The van der Waals surface area contributed by atoms with Crippen LogP contribution in [0.15, 0.2) is 33.8 Å². The van der Waals surface area contributed by atoms with Crippen molar-refractivity contribution in [3.05, 3.63) is 50.7 Å². The smallest absolute Gasteiger partial charge is 0.186 e. The van der Waals surface area contributed by atoms with Crippen LogP contribution in [0.25, 0.3) is 5.69 Å². The summed E-state index contributed by atoms with van der Waals surface area (Å²) in [6.45, 7) is 6.85. The van der Waals surface area contributed by atoms with Crippen molar-refractivity contribution in [2.24, 2.45) is 5.10 Å². The highest BCUT2D eigenvalue weighted by Crippen LogP contribution is 2.27. The van der Waals surface area contributed by atoms with Crippen LogP contribution < -0.4 is 10.7 Å². The molecule has 0 unspecified atom stereocenters. The number of hydrazone groups is 1. The van der Waals surface area contributed by atoms with Gasteiger partial charge in [0.15, 0.2) is 5.11 Å². The van der Waals surface area contributed by atoms with E-state index in [-0.39, 0.29) is 0 Å². The van der Waals surface area contributed by atoms with Gasteiger partial charge in [-0.25, -0.2) is 0 Å². The van der Waals surface area contributed by atoms with Crippen LogP contribution in [0.3, 0.4) is 0 Å². The number of benzene rings is 1. The molecule has 0 fully saturated rings. The molecule has 0 amide bonds. The van der Waals surface area contributed by atoms with Crippen molar-refractivity contribution in [1.29, 1.82) is 0 Å². The monoisotopic (exact) mass is 412 g/mol. The van der Waals surface area contributed by atoms with Crippen LogP contribution in [0.2, 0.25) is 5.02 Å². The topological polar surface area (TPSA) is 41.4 Å². The van der Waals surface area contributed by atoms with Crippen molar-refractivity contribution in [3.8, 4) is 5.69 Å². The molecule has 0 spiro atoms. The zero-order valence-electron chi connectivity index (χ0n) is 13.2. The summed E-state index contributed by atoms with van der Waals surface area (Å²) < 4.78 is 3.02. The fraction of sp³-hybridized carbons (Fsp3) is 0.250. The van der Waals surface area contributed by atoms with Crippen molar-refractivity contribution in [1.82, 2.24) is 15.3 Å². The molecule has 4 nitrogen and oxygen atoms in total. The second kappa shape index (κ2) is 7.95. The molecule has 2 aromatic rings. The van der Waals surface area contributed by atoms with Crippen molar-refractivity contribution >= 4 is 51.1 Å². The van der Waals surface area contributed by atoms with Gasteiger partial charge in [-0.3, -0.25) is 5.43 Å². The Balaban J connectivity index is 2.27. The van der Waals surface area contributed by atoms with Crippen LogP contribution in [-0.4, -0.2) is 22.4 Å². The number of aryl methyl sites for hydroxylation is 1. The summed E-state index contributed by atoms with van der Waals surface area (Å²) in [4.78, 5) is 0. The van der Waals surface area contributed by atoms with Gasteiger partial charge in [0.1, 0.15) is 0 Å². The lowest BCUT2D eigenvalue weighted by Gasteiger charge is -2.10. The van der Waals surface area contributed by atoms with Gasteiger partial charge in [0, 0.05) is 33.7 Å². The van der Waals surface area contributed by atoms with Crippen LogP contribution >= 0.6 is 39.7 Å². The molecule has 1 heterocycles. The highest BCUT2D eigenvalue weighted by atomic mass is 79.9. The van der Waals surface area contributed by atoms with Crippen LogP contribution in [0, 0.1) is 13.8 Å². The third-order valence-corrected chi connectivity index (χ3v) is 4.81. The zero-order chi connectivity index (χ0) is 17.0. The van der Waals surface area contributed by atoms with E-state index in [4.69, 9.17) is 23.8 Å². The van der Waals surface area contributed by atoms with Gasteiger partial charge in [-0.15, -0.1) is 0 Å². The average Bonchev–Trinajstić information content (AvgIpc) is 2.77. The van der Waals surface area contributed by atoms with Crippen molar-refractivity contribution in [2.75, 3.05) is 6.54 Å². The minimum absolute atomic E-state index is 0.511. The Hall–Kier alpha value is -1.37. The van der Waals surface area contributed by atoms with E-state index in [1.807, 2.05) is 32.0 Å². The Morgan fingerprint density at radius 1 is 1.39 bits per heavy atom. The molecule has 2 N–H and O–H groups in total. The Morgan fingerprint density at radius 3 is 2.78 bits per heavy atom. The largest absolute Gasteiger partial charge is 0.362 e. The Morgan fingerprint density at radius 2 is 2.13 bits per heavy atom. The molecule has 7 heteroatoms. The van der Waals surface area contributed by atoms with E-state index in [0.717, 1.165) is 33.7 Å². The molecule has 0 aliphatic rings. The summed E-state index contributed by atoms with van der Waals surface area (Å²) in [5, 5.41) is 8.35. The predicted octanol–water partition coefficient (Wildman–Crippen LogP) is 4.33. The quantitative estimate of drug-likeness (QED) is 0.445. The van der Waals surface area contributed by atoms with E-state index in [1.165, 1.54) is 0 Å². The SMILES string of the molecule is CCNC(=S)N/N=C\c1cc(C)n(-c2ccc(Br)c(Cl)c2)c1C. The summed E-state index contributed by atoms with van der Waals surface area (Å²) in [5.74, 6) is 0. The fourth-order valence-electron chi connectivity index (χ4n) is 2.30. The molecule has 1 aromatic heterocycles. The normalized spacial score (nSPS) is 11.0. The number of hydrogen-bond donors (Lipinski definition) is 2. The van der Waals surface area contributed by atoms with E-state index in [2.05, 4.69) is 49.3 Å². The van der Waals surface area contributed by atoms with Gasteiger partial charge in [0.2, 0.25) is 0 Å². The van der Waals surface area contributed by atoms with Gasteiger partial charge in [0.25, 0.3) is 0 Å². The first-order valence-corrected chi connectivity index (χ1v) is 8.73. The maximum absolute atomic E-state index is 6.21. The highest BCUT2D eigenvalue weighted by molar-refractivity contribution is 9.10. The second-order valence-electron chi connectivity index (χ2n) is 4.99. The maximum Gasteiger partial charge on any atom is 0.186 e. The Bertz CT molecular complexity index is 755. The Labute approximate surface area is 155 Å². The zero-order valence-corrected chi connectivity index (χ0v) is 16.3. The second-order valence-corrected chi connectivity index (χ2v) is 6.66. The molecule has 0 aliphatic carbocycles. The number of rotatable bonds is 4. The first-order chi connectivity index (χ1) is 10.9. The maximum atomic E-state index is 6.21. The van der Waals surface area contributed by atoms with Crippen LogP contribution in [0.5, 0.6) is 0 Å². The molecule has 0 radical (unpaired) electrons. The van der Waals surface area contributed by atoms with E-state index in [1.54, 1.807) is 6.21 Å². The molecule has 0 bridgehead atoms. The lowest BCUT2D eigenvalue weighted by molar-refractivity contribution is 0.903. The van der Waals surface area contributed by atoms with Gasteiger partial charge >= 0.3 is 0 Å². The number of aromatic nitrogens is 1. The molecule has 0 saturated carbocycles. The van der Waals surface area contributed by atoms with Crippen molar-refractivity contribution in [2.45, 2.75) is 20.8 Å². The fourth-order valence-corrected chi connectivity index (χ4v) is 2.92. The third kappa shape index (κ3) is 4.34. The first-order valence-electron chi connectivity index (χ1n) is 7.15. The molecule has 0 atom stereocenters. The minimum atomic E-state index is 0.511. The molecular weight excluding hydrogens is 396 g/mol. The lowest BCUT2D eigenvalue weighted by atomic mass is 10.2. The molecule has 0 aliphatic heterocycles. The minimum Gasteiger partial charge on any atom is -0.362 e. The average molecular weight is 414 g/mol. The van der Waals surface area contributed by atoms with Crippen molar-refractivity contribution in [3.63, 3.8) is 0 Å². The summed E-state index contributed by atoms with van der Waals surface area (Å²) in [6, 6.07) is 7.98. The summed E-state index contributed by atoms with van der Waals surface area (Å²) in [6.07, 6.45) is 1.77. The van der Waals surface area contributed by atoms with Crippen LogP contribution in [0.4, 0.5) is 0 Å². The molecule has 2 rings (SSSR count). The number of hydrogen-bond acceptors (Lipinski definition) is 2. The number of nitrogens with zero attached hydrogens (tertiary/aromatic N) is 2. The van der Waals surface area contributed by atoms with Gasteiger partial charge in [0.05, 0.1) is 11.2 Å². The van der Waals surface area contributed by atoms with Gasteiger partial charge < -0.3 is 9.88 Å². The van der Waals surface area contributed by atoms with Crippen molar-refractivity contribution < 1.29 is 0 Å². The van der Waals surface area contributed by atoms with Gasteiger partial charge in [-0.05, 0) is 73.2 Å². The van der Waals surface area contributed by atoms with E-state index >= 15 is 0 Å². The molecule has 1 aromatic carbocycles. The van der Waals surface area contributed by atoms with Gasteiger partial charge in [-0.1, -0.05) is 11.6 Å². The predicted molar refractivity (Wildman–Crippen MR) is 105 cm³/mol. The van der Waals surface area contributed by atoms with Crippen LogP contribution in [0.1, 0.15) is 23.9 Å². The third-order valence-electron chi connectivity index (χ3n) is 3.34. The highest BCUT2D eigenvalue weighted by Gasteiger charge is 2.10. The lowest BCUT2D eigenvalue weighted by Crippen LogP contribution is -2.31. The Kier molecular flexibility index (Phi) is 6.21. The molecule has 122 valence electrons. The van der Waals surface area contributed by atoms with Crippen LogP contribution in [-0.2, 0) is 0 Å². The summed E-state index contributed by atoms with van der Waals surface area (Å²) >= 11 is 14.7. The summed E-state index contributed by atoms with van der Waals surface area (Å²) in [5.41, 5.74) is 7.03. The molecule has 23 heavy (non-hydrogen) atoms. The van der Waals surface area contributed by atoms with E-state index in [0.29, 0.717) is 10.1 Å². The number of thiocarbonyl (C=S) groups is 1. The first kappa shape index (κ1) is 18.0. The van der Waals surface area contributed by atoms with E-state index < -0.39 is 0 Å². The van der Waals surface area contributed by atoms with E-state index in [9.17, 15) is 0 Å². The summed E-state index contributed by atoms with van der Waals surface area (Å²) in [7, 11) is 0. The van der Waals surface area contributed by atoms with Gasteiger partial charge in [-0.2, -0.15) is 5.10 Å². The number of nitrogens with one attached hydrogen (secondary N) is 2. The molecular formula is C16H18BrClN4S. The molecule has 0 saturated heterocycles. The standard InChI is InChI=1S/C16H18BrClN4S/c1-4-19-16(23)21-20-9-12-7-10(2)22(11(12)3)13-5-6-14(17)15(18)8-13/h5-9H,4H2,1-3H3,(H2,19,21,23)/b20-9-.